The molecular formula is C13H28O3. The zero-order valence-corrected chi connectivity index (χ0v) is 11.0. The van der Waals surface area contributed by atoms with Crippen LogP contribution in [-0.4, -0.2) is 39.6 Å². The Morgan fingerprint density at radius 3 is 1.31 bits per heavy atom. The summed E-state index contributed by atoms with van der Waals surface area (Å²) in [5, 5.41) is 0. The summed E-state index contributed by atoms with van der Waals surface area (Å²) in [4.78, 5) is 0. The molecule has 0 heterocycles. The van der Waals surface area contributed by atoms with Crippen molar-refractivity contribution in [2.75, 3.05) is 39.6 Å². The predicted molar refractivity (Wildman–Crippen MR) is 66.9 cm³/mol. The molecule has 0 aromatic rings. The highest BCUT2D eigenvalue weighted by Crippen LogP contribution is 1.91. The zero-order valence-electron chi connectivity index (χ0n) is 11.0. The lowest BCUT2D eigenvalue weighted by molar-refractivity contribution is 0.0347. The molecule has 0 spiro atoms. The first-order valence-corrected chi connectivity index (χ1v) is 6.65. The van der Waals surface area contributed by atoms with Gasteiger partial charge < -0.3 is 14.2 Å². The number of rotatable bonds is 13. The lowest BCUT2D eigenvalue weighted by Crippen LogP contribution is -2.07. The van der Waals surface area contributed by atoms with Gasteiger partial charge in [0, 0.05) is 26.4 Å². The van der Waals surface area contributed by atoms with Crippen LogP contribution in [0.5, 0.6) is 0 Å². The molecule has 16 heavy (non-hydrogen) atoms. The molecule has 0 aliphatic rings. The molecule has 0 fully saturated rings. The van der Waals surface area contributed by atoms with E-state index in [2.05, 4.69) is 13.8 Å². The van der Waals surface area contributed by atoms with Crippen LogP contribution < -0.4 is 0 Å². The molecule has 0 radical (unpaired) electrons. The van der Waals surface area contributed by atoms with Crippen LogP contribution in [-0.2, 0) is 14.2 Å². The van der Waals surface area contributed by atoms with Gasteiger partial charge in [0.2, 0.25) is 0 Å². The summed E-state index contributed by atoms with van der Waals surface area (Å²) < 4.78 is 16.2. The van der Waals surface area contributed by atoms with Gasteiger partial charge in [-0.2, -0.15) is 0 Å². The second-order valence-corrected chi connectivity index (χ2v) is 3.90. The van der Waals surface area contributed by atoms with Gasteiger partial charge in [-0.1, -0.05) is 26.7 Å². The lowest BCUT2D eigenvalue weighted by Gasteiger charge is -2.06. The van der Waals surface area contributed by atoms with Gasteiger partial charge >= 0.3 is 0 Å². The van der Waals surface area contributed by atoms with Crippen LogP contribution in [0.4, 0.5) is 0 Å². The maximum absolute atomic E-state index is 5.42. The molecule has 0 amide bonds. The number of hydrogen-bond acceptors (Lipinski definition) is 3. The van der Waals surface area contributed by atoms with E-state index in [4.69, 9.17) is 14.2 Å². The first-order chi connectivity index (χ1) is 7.91. The van der Waals surface area contributed by atoms with E-state index < -0.39 is 0 Å². The van der Waals surface area contributed by atoms with Crippen molar-refractivity contribution in [3.05, 3.63) is 0 Å². The van der Waals surface area contributed by atoms with Crippen molar-refractivity contribution in [1.29, 1.82) is 0 Å². The molecule has 0 bridgehead atoms. The van der Waals surface area contributed by atoms with Crippen LogP contribution in [0, 0.1) is 0 Å². The smallest absolute Gasteiger partial charge is 0.0700 e. The van der Waals surface area contributed by atoms with Crippen LogP contribution in [0.3, 0.4) is 0 Å². The molecule has 3 nitrogen and oxygen atoms in total. The molecule has 3 heteroatoms. The Hall–Kier alpha value is -0.120. The Labute approximate surface area is 100 Å². The van der Waals surface area contributed by atoms with Crippen molar-refractivity contribution in [3.63, 3.8) is 0 Å². The molecule has 0 saturated heterocycles. The quantitative estimate of drug-likeness (QED) is 0.457. The Morgan fingerprint density at radius 2 is 0.875 bits per heavy atom. The topological polar surface area (TPSA) is 27.7 Å². The van der Waals surface area contributed by atoms with Crippen LogP contribution >= 0.6 is 0 Å². The molecule has 0 rings (SSSR count). The van der Waals surface area contributed by atoms with Crippen molar-refractivity contribution in [1.82, 2.24) is 0 Å². The zero-order chi connectivity index (χ0) is 11.9. The van der Waals surface area contributed by atoms with E-state index >= 15 is 0 Å². The fraction of sp³-hybridized carbons (Fsp3) is 1.00. The Morgan fingerprint density at radius 1 is 0.500 bits per heavy atom. The summed E-state index contributed by atoms with van der Waals surface area (Å²) >= 11 is 0. The molecule has 0 aliphatic carbocycles. The van der Waals surface area contributed by atoms with Gasteiger partial charge in [0.25, 0.3) is 0 Å². The maximum Gasteiger partial charge on any atom is 0.0700 e. The van der Waals surface area contributed by atoms with Gasteiger partial charge in [0.15, 0.2) is 0 Å². The lowest BCUT2D eigenvalue weighted by atomic mass is 10.4. The van der Waals surface area contributed by atoms with Gasteiger partial charge in [0.05, 0.1) is 13.2 Å². The second-order valence-electron chi connectivity index (χ2n) is 3.90. The van der Waals surface area contributed by atoms with Crippen LogP contribution in [0.15, 0.2) is 0 Å². The third kappa shape index (κ3) is 13.9. The molecule has 0 saturated carbocycles. The summed E-state index contributed by atoms with van der Waals surface area (Å²) in [6.07, 6.45) is 5.68. The SMILES string of the molecule is CCCCOCCCOCCOCCCC. The Bertz CT molecular complexity index is 104. The minimum absolute atomic E-state index is 0.707. The molecule has 0 aromatic carbocycles. The number of ether oxygens (including phenoxy) is 3. The van der Waals surface area contributed by atoms with Crippen LogP contribution in [0.1, 0.15) is 46.0 Å². The van der Waals surface area contributed by atoms with Gasteiger partial charge in [-0.3, -0.25) is 0 Å². The molecule has 0 aliphatic heterocycles. The third-order valence-corrected chi connectivity index (χ3v) is 2.23. The van der Waals surface area contributed by atoms with Gasteiger partial charge in [-0.05, 0) is 19.3 Å². The van der Waals surface area contributed by atoms with E-state index in [1.54, 1.807) is 0 Å². The number of hydrogen-bond donors (Lipinski definition) is 0. The summed E-state index contributed by atoms with van der Waals surface area (Å²) in [5.41, 5.74) is 0. The highest BCUT2D eigenvalue weighted by atomic mass is 16.5. The molecule has 0 N–H and O–H groups in total. The second kappa shape index (κ2) is 14.9. The predicted octanol–water partition coefficient (Wildman–Crippen LogP) is 3.03. The standard InChI is InChI=1S/C13H28O3/c1-3-5-8-14-10-7-11-16-13-12-15-9-6-4-2/h3-13H2,1-2H3. The van der Waals surface area contributed by atoms with Crippen molar-refractivity contribution < 1.29 is 14.2 Å². The van der Waals surface area contributed by atoms with E-state index in [0.29, 0.717) is 6.61 Å². The Balaban J connectivity index is 2.83. The number of unbranched alkanes of at least 4 members (excludes halogenated alkanes) is 2. The highest BCUT2D eigenvalue weighted by molar-refractivity contribution is 4.38. The van der Waals surface area contributed by atoms with E-state index in [0.717, 1.165) is 52.3 Å². The summed E-state index contributed by atoms with van der Waals surface area (Å²) in [6, 6.07) is 0. The minimum Gasteiger partial charge on any atom is -0.381 e. The summed E-state index contributed by atoms with van der Waals surface area (Å²) in [5.74, 6) is 0. The molecule has 0 atom stereocenters. The molecule has 0 aromatic heterocycles. The summed E-state index contributed by atoms with van der Waals surface area (Å²) in [6.45, 7) is 9.11. The maximum atomic E-state index is 5.42. The highest BCUT2D eigenvalue weighted by Gasteiger charge is 1.91. The monoisotopic (exact) mass is 232 g/mol. The van der Waals surface area contributed by atoms with Crippen molar-refractivity contribution in [2.45, 2.75) is 46.0 Å². The Kier molecular flexibility index (Phi) is 14.8. The van der Waals surface area contributed by atoms with Gasteiger partial charge in [-0.25, -0.2) is 0 Å². The molecular weight excluding hydrogens is 204 g/mol. The van der Waals surface area contributed by atoms with Crippen molar-refractivity contribution in [2.24, 2.45) is 0 Å². The fourth-order valence-electron chi connectivity index (χ4n) is 1.18. The molecule has 0 unspecified atom stereocenters. The fourth-order valence-corrected chi connectivity index (χ4v) is 1.18. The summed E-state index contributed by atoms with van der Waals surface area (Å²) in [7, 11) is 0. The van der Waals surface area contributed by atoms with E-state index in [1.807, 2.05) is 0 Å². The van der Waals surface area contributed by atoms with E-state index in [-0.39, 0.29) is 0 Å². The largest absolute Gasteiger partial charge is 0.381 e. The van der Waals surface area contributed by atoms with E-state index in [9.17, 15) is 0 Å². The van der Waals surface area contributed by atoms with E-state index in [1.165, 1.54) is 12.8 Å². The average molecular weight is 232 g/mol. The van der Waals surface area contributed by atoms with Gasteiger partial charge in [-0.15, -0.1) is 0 Å². The average Bonchev–Trinajstić information content (AvgIpc) is 2.31. The van der Waals surface area contributed by atoms with Crippen LogP contribution in [0.25, 0.3) is 0 Å². The first-order valence-electron chi connectivity index (χ1n) is 6.65. The van der Waals surface area contributed by atoms with Gasteiger partial charge in [0.1, 0.15) is 0 Å². The minimum atomic E-state index is 0.707. The van der Waals surface area contributed by atoms with Crippen molar-refractivity contribution >= 4 is 0 Å². The van der Waals surface area contributed by atoms with Crippen molar-refractivity contribution in [3.8, 4) is 0 Å². The third-order valence-electron chi connectivity index (χ3n) is 2.23. The van der Waals surface area contributed by atoms with Crippen LogP contribution in [0.2, 0.25) is 0 Å². The first kappa shape index (κ1) is 15.9. The normalized spacial score (nSPS) is 10.9. The molecule has 98 valence electrons.